The first kappa shape index (κ1) is 31.4. The number of nitrogens with one attached hydrogen (secondary N) is 3. The van der Waals surface area contributed by atoms with Crippen LogP contribution in [0.25, 0.3) is 0 Å². The summed E-state index contributed by atoms with van der Waals surface area (Å²) in [6, 6.07) is -0.551. The summed E-state index contributed by atoms with van der Waals surface area (Å²) in [5.74, 6) is -0.876. The molecule has 0 aliphatic heterocycles. The second-order valence-corrected chi connectivity index (χ2v) is 11.1. The molecule has 1 atom stereocenters. The molecule has 3 N–H and O–H groups in total. The summed E-state index contributed by atoms with van der Waals surface area (Å²) in [6.45, 7) is 16.0. The normalized spacial score (nSPS) is 13.0. The Balaban J connectivity index is 4.82. The molecule has 34 heavy (non-hydrogen) atoms. The van der Waals surface area contributed by atoms with Crippen molar-refractivity contribution in [3.63, 3.8) is 0 Å². The van der Waals surface area contributed by atoms with Crippen molar-refractivity contribution >= 4 is 24.1 Å². The van der Waals surface area contributed by atoms with E-state index in [1.54, 1.807) is 69.4 Å². The number of carbonyl (C=O) groups is 4. The van der Waals surface area contributed by atoms with E-state index < -0.39 is 46.9 Å². The topological polar surface area (TPSA) is 135 Å². The summed E-state index contributed by atoms with van der Waals surface area (Å²) >= 11 is 0. The average molecular weight is 489 g/mol. The minimum absolute atomic E-state index is 0.0513. The number of hydrazine groups is 1. The van der Waals surface area contributed by atoms with E-state index in [-0.39, 0.29) is 13.0 Å². The highest BCUT2D eigenvalue weighted by Crippen LogP contribution is 2.10. The van der Waals surface area contributed by atoms with E-state index in [1.165, 1.54) is 5.01 Å². The Kier molecular flexibility index (Phi) is 12.4. The molecule has 0 heterocycles. The van der Waals surface area contributed by atoms with Gasteiger partial charge in [0, 0.05) is 26.1 Å². The largest absolute Gasteiger partial charge is 0.459 e. The van der Waals surface area contributed by atoms with Gasteiger partial charge in [-0.3, -0.25) is 15.0 Å². The first-order valence-electron chi connectivity index (χ1n) is 11.4. The van der Waals surface area contributed by atoms with Gasteiger partial charge in [0.2, 0.25) is 5.91 Å². The molecular weight excluding hydrogens is 444 g/mol. The fraction of sp³-hybridized carbons (Fsp3) is 0.826. The van der Waals surface area contributed by atoms with Crippen LogP contribution in [0.1, 0.15) is 81.6 Å². The molecular formula is C23H44N4O7. The lowest BCUT2D eigenvalue weighted by Crippen LogP contribution is -2.47. The summed E-state index contributed by atoms with van der Waals surface area (Å²) in [5.41, 5.74) is 0.673. The number of hydrogen-bond donors (Lipinski definition) is 3. The Bertz CT molecular complexity index is 691. The van der Waals surface area contributed by atoms with Crippen molar-refractivity contribution in [3.05, 3.63) is 0 Å². The number of esters is 1. The van der Waals surface area contributed by atoms with Crippen molar-refractivity contribution in [1.82, 2.24) is 21.1 Å². The number of carbonyl (C=O) groups excluding carboxylic acids is 4. The highest BCUT2D eigenvalue weighted by atomic mass is 16.6. The summed E-state index contributed by atoms with van der Waals surface area (Å²) in [7, 11) is 1.54. The van der Waals surface area contributed by atoms with Gasteiger partial charge in [-0.05, 0) is 75.2 Å². The van der Waals surface area contributed by atoms with Crippen LogP contribution >= 0.6 is 0 Å². The molecule has 11 nitrogen and oxygen atoms in total. The van der Waals surface area contributed by atoms with Gasteiger partial charge >= 0.3 is 18.2 Å². The predicted octanol–water partition coefficient (Wildman–Crippen LogP) is 2.88. The van der Waals surface area contributed by atoms with E-state index in [9.17, 15) is 19.2 Å². The van der Waals surface area contributed by atoms with Gasteiger partial charge in [0.25, 0.3) is 0 Å². The van der Waals surface area contributed by atoms with Crippen molar-refractivity contribution in [2.45, 2.75) is 104 Å². The van der Waals surface area contributed by atoms with Gasteiger partial charge in [-0.2, -0.15) is 0 Å². The van der Waals surface area contributed by atoms with Crippen LogP contribution in [0.15, 0.2) is 0 Å². The maximum absolute atomic E-state index is 12.5. The predicted molar refractivity (Wildman–Crippen MR) is 128 cm³/mol. The molecule has 3 amide bonds. The minimum atomic E-state index is -0.692. The van der Waals surface area contributed by atoms with Crippen LogP contribution in [-0.4, -0.2) is 72.1 Å². The monoisotopic (exact) mass is 488 g/mol. The molecule has 0 rings (SSSR count). The molecule has 1 unspecified atom stereocenters. The van der Waals surface area contributed by atoms with Crippen LogP contribution in [0.2, 0.25) is 0 Å². The second-order valence-electron chi connectivity index (χ2n) is 11.1. The molecule has 0 aromatic heterocycles. The van der Waals surface area contributed by atoms with Crippen molar-refractivity contribution in [3.8, 4) is 0 Å². The quantitative estimate of drug-likeness (QED) is 0.185. The van der Waals surface area contributed by atoms with E-state index >= 15 is 0 Å². The van der Waals surface area contributed by atoms with E-state index in [2.05, 4.69) is 16.1 Å². The van der Waals surface area contributed by atoms with E-state index in [0.29, 0.717) is 19.4 Å². The fourth-order valence-corrected chi connectivity index (χ4v) is 2.64. The van der Waals surface area contributed by atoms with Crippen molar-refractivity contribution in [2.24, 2.45) is 0 Å². The van der Waals surface area contributed by atoms with Gasteiger partial charge in [0.1, 0.15) is 23.3 Å². The van der Waals surface area contributed by atoms with Crippen molar-refractivity contribution < 1.29 is 33.4 Å². The third-order valence-electron chi connectivity index (χ3n) is 3.65. The van der Waals surface area contributed by atoms with Gasteiger partial charge in [0.15, 0.2) is 0 Å². The second kappa shape index (κ2) is 13.4. The molecule has 0 radical (unpaired) electrons. The molecule has 0 saturated carbocycles. The molecule has 0 fully saturated rings. The molecule has 0 spiro atoms. The summed E-state index contributed by atoms with van der Waals surface area (Å²) in [5, 5.41) is 6.67. The summed E-state index contributed by atoms with van der Waals surface area (Å²) in [6.07, 6.45) is -0.346. The molecule has 0 aromatic carbocycles. The lowest BCUT2D eigenvalue weighted by atomic mass is 10.1. The first-order chi connectivity index (χ1) is 15.3. The Hall–Kier alpha value is -2.56. The standard InChI is InChI=1S/C23H44N4O7/c1-21(2,3)32-18(29)15-27(10)26-17(28)14-16(25-20(31)34-23(7,8)9)12-11-13-24-19(30)33-22(4,5)6/h16H,11-15H2,1-10H3,(H,24,30)(H,25,31)(H,26,28). The zero-order chi connectivity index (χ0) is 26.7. The minimum Gasteiger partial charge on any atom is -0.459 e. The highest BCUT2D eigenvalue weighted by Gasteiger charge is 2.23. The number of amides is 3. The number of ether oxygens (including phenoxy) is 3. The summed E-state index contributed by atoms with van der Waals surface area (Å²) in [4.78, 5) is 48.4. The molecule has 0 saturated heterocycles. The summed E-state index contributed by atoms with van der Waals surface area (Å²) < 4.78 is 15.7. The number of nitrogens with zero attached hydrogens (tertiary/aromatic N) is 1. The van der Waals surface area contributed by atoms with Gasteiger partial charge < -0.3 is 24.8 Å². The number of likely N-dealkylation sites (N-methyl/N-ethyl adjacent to an activating group) is 1. The van der Waals surface area contributed by atoms with Crippen LogP contribution in [0.3, 0.4) is 0 Å². The van der Waals surface area contributed by atoms with E-state index in [0.717, 1.165) is 0 Å². The van der Waals surface area contributed by atoms with Crippen LogP contribution in [-0.2, 0) is 23.8 Å². The molecule has 0 bridgehead atoms. The zero-order valence-electron chi connectivity index (χ0n) is 22.4. The lowest BCUT2D eigenvalue weighted by Gasteiger charge is -2.25. The number of hydrogen-bond acceptors (Lipinski definition) is 8. The van der Waals surface area contributed by atoms with Gasteiger partial charge in [-0.1, -0.05) is 0 Å². The van der Waals surface area contributed by atoms with E-state index in [4.69, 9.17) is 14.2 Å². The SMILES string of the molecule is CN(CC(=O)OC(C)(C)C)NC(=O)CC(CCCNC(=O)OC(C)(C)C)NC(=O)OC(C)(C)C. The zero-order valence-corrected chi connectivity index (χ0v) is 22.4. The first-order valence-corrected chi connectivity index (χ1v) is 11.4. The lowest BCUT2D eigenvalue weighted by molar-refractivity contribution is -0.156. The number of alkyl carbamates (subject to hydrolysis) is 2. The molecule has 0 aliphatic carbocycles. The van der Waals surface area contributed by atoms with Gasteiger partial charge in [-0.15, -0.1) is 0 Å². The van der Waals surface area contributed by atoms with Crippen molar-refractivity contribution in [2.75, 3.05) is 20.1 Å². The Morgan fingerprint density at radius 1 is 0.794 bits per heavy atom. The van der Waals surface area contributed by atoms with Crippen LogP contribution in [0.5, 0.6) is 0 Å². The maximum atomic E-state index is 12.5. The third kappa shape index (κ3) is 19.0. The van der Waals surface area contributed by atoms with Gasteiger partial charge in [-0.25, -0.2) is 14.6 Å². The third-order valence-corrected chi connectivity index (χ3v) is 3.65. The molecule has 0 aliphatic rings. The fourth-order valence-electron chi connectivity index (χ4n) is 2.64. The van der Waals surface area contributed by atoms with Crippen LogP contribution < -0.4 is 16.1 Å². The number of rotatable bonds is 10. The Morgan fingerprint density at radius 2 is 1.29 bits per heavy atom. The van der Waals surface area contributed by atoms with Crippen molar-refractivity contribution in [1.29, 1.82) is 0 Å². The average Bonchev–Trinajstić information content (AvgIpc) is 2.52. The van der Waals surface area contributed by atoms with Crippen LogP contribution in [0.4, 0.5) is 9.59 Å². The highest BCUT2D eigenvalue weighted by molar-refractivity contribution is 5.78. The molecule has 0 aromatic rings. The van der Waals surface area contributed by atoms with E-state index in [1.807, 2.05) is 0 Å². The van der Waals surface area contributed by atoms with Crippen LogP contribution in [0, 0.1) is 0 Å². The Labute approximate surface area is 203 Å². The molecule has 11 heteroatoms. The Morgan fingerprint density at radius 3 is 1.79 bits per heavy atom. The maximum Gasteiger partial charge on any atom is 0.407 e. The smallest absolute Gasteiger partial charge is 0.407 e. The molecule has 198 valence electrons. The van der Waals surface area contributed by atoms with Gasteiger partial charge in [0.05, 0.1) is 0 Å².